The molecule has 0 aliphatic heterocycles. The maximum absolute atomic E-state index is 11.1. The first-order valence-corrected chi connectivity index (χ1v) is 6.12. The number of aryl methyl sites for hydroxylation is 1. The molecule has 0 aromatic heterocycles. The van der Waals surface area contributed by atoms with Gasteiger partial charge >= 0.3 is 5.97 Å². The first kappa shape index (κ1) is 13.1. The molecule has 0 aliphatic carbocycles. The van der Waals surface area contributed by atoms with Gasteiger partial charge in [0, 0.05) is 11.5 Å². The van der Waals surface area contributed by atoms with Gasteiger partial charge in [-0.1, -0.05) is 43.3 Å². The minimum absolute atomic E-state index is 0.0437. The molecule has 0 aliphatic rings. The fraction of sp³-hybridized carbons (Fsp3) is 0.188. The molecule has 0 radical (unpaired) electrons. The highest BCUT2D eigenvalue weighted by Gasteiger charge is 2.19. The molecule has 0 saturated heterocycles. The van der Waals surface area contributed by atoms with Crippen molar-refractivity contribution in [3.63, 3.8) is 0 Å². The maximum Gasteiger partial charge on any atom is 0.339 e. The van der Waals surface area contributed by atoms with Crippen molar-refractivity contribution in [2.24, 2.45) is 0 Å². The Kier molecular flexibility index (Phi) is 3.56. The molecule has 0 heterocycles. The first-order chi connectivity index (χ1) is 9.00. The summed E-state index contributed by atoms with van der Waals surface area (Å²) >= 11 is 0. The minimum Gasteiger partial charge on any atom is -0.507 e. The van der Waals surface area contributed by atoms with Gasteiger partial charge in [0.05, 0.1) is 0 Å². The average molecular weight is 256 g/mol. The lowest BCUT2D eigenvalue weighted by Crippen LogP contribution is -2.03. The van der Waals surface area contributed by atoms with Gasteiger partial charge in [0.25, 0.3) is 0 Å². The predicted octanol–water partition coefficient (Wildman–Crippen LogP) is 3.55. The van der Waals surface area contributed by atoms with Crippen LogP contribution in [0, 0.1) is 6.92 Å². The van der Waals surface area contributed by atoms with Crippen LogP contribution in [-0.4, -0.2) is 16.2 Å². The fourth-order valence-electron chi connectivity index (χ4n) is 2.22. The average Bonchev–Trinajstić information content (AvgIpc) is 2.41. The largest absolute Gasteiger partial charge is 0.507 e. The number of phenols is 1. The summed E-state index contributed by atoms with van der Waals surface area (Å²) < 4.78 is 0. The Hall–Kier alpha value is -2.29. The van der Waals surface area contributed by atoms with E-state index in [9.17, 15) is 9.90 Å². The molecule has 0 fully saturated rings. The summed E-state index contributed by atoms with van der Waals surface area (Å²) in [6.07, 6.45) is 0. The van der Waals surface area contributed by atoms with E-state index in [-0.39, 0.29) is 17.2 Å². The Bertz CT molecular complexity index is 603. The number of carboxylic acids is 1. The number of aromatic hydroxyl groups is 1. The van der Waals surface area contributed by atoms with Crippen molar-refractivity contribution in [2.45, 2.75) is 19.8 Å². The summed E-state index contributed by atoms with van der Waals surface area (Å²) in [5.41, 5.74) is 2.47. The summed E-state index contributed by atoms with van der Waals surface area (Å²) in [5.74, 6) is -1.31. The van der Waals surface area contributed by atoms with Crippen molar-refractivity contribution in [2.75, 3.05) is 0 Å². The van der Waals surface area contributed by atoms with E-state index in [4.69, 9.17) is 5.11 Å². The van der Waals surface area contributed by atoms with E-state index in [1.807, 2.05) is 50.2 Å². The monoisotopic (exact) mass is 256 g/mol. The van der Waals surface area contributed by atoms with Crippen LogP contribution in [0.2, 0.25) is 0 Å². The summed E-state index contributed by atoms with van der Waals surface area (Å²) in [5, 5.41) is 19.2. The van der Waals surface area contributed by atoms with Gasteiger partial charge in [0.1, 0.15) is 11.3 Å². The highest BCUT2D eigenvalue weighted by Crippen LogP contribution is 2.34. The van der Waals surface area contributed by atoms with Crippen LogP contribution in [0.25, 0.3) is 0 Å². The number of carboxylic acid groups (broad SMARTS) is 1. The van der Waals surface area contributed by atoms with Crippen LogP contribution in [0.3, 0.4) is 0 Å². The van der Waals surface area contributed by atoms with E-state index in [0.717, 1.165) is 11.1 Å². The molecular weight excluding hydrogens is 240 g/mol. The Labute approximate surface area is 112 Å². The number of aromatic carboxylic acids is 1. The van der Waals surface area contributed by atoms with Crippen LogP contribution in [0.4, 0.5) is 0 Å². The molecule has 2 rings (SSSR count). The van der Waals surface area contributed by atoms with Crippen molar-refractivity contribution in [3.8, 4) is 5.75 Å². The smallest absolute Gasteiger partial charge is 0.339 e. The van der Waals surface area contributed by atoms with Gasteiger partial charge < -0.3 is 10.2 Å². The predicted molar refractivity (Wildman–Crippen MR) is 73.8 cm³/mol. The van der Waals surface area contributed by atoms with Gasteiger partial charge in [-0.3, -0.25) is 0 Å². The maximum atomic E-state index is 11.1. The molecule has 3 heteroatoms. The molecule has 0 amide bonds. The second-order valence-electron chi connectivity index (χ2n) is 4.69. The molecule has 1 atom stereocenters. The van der Waals surface area contributed by atoms with Crippen molar-refractivity contribution < 1.29 is 15.0 Å². The van der Waals surface area contributed by atoms with E-state index in [1.165, 1.54) is 6.07 Å². The zero-order valence-electron chi connectivity index (χ0n) is 10.9. The summed E-state index contributed by atoms with van der Waals surface area (Å²) in [6.45, 7) is 3.78. The lowest BCUT2D eigenvalue weighted by atomic mass is 9.90. The molecule has 1 unspecified atom stereocenters. The molecule has 98 valence electrons. The van der Waals surface area contributed by atoms with Crippen LogP contribution in [0.1, 0.15) is 39.9 Å². The Morgan fingerprint density at radius 1 is 1.16 bits per heavy atom. The van der Waals surface area contributed by atoms with Gasteiger partial charge in [-0.15, -0.1) is 0 Å². The topological polar surface area (TPSA) is 57.5 Å². The van der Waals surface area contributed by atoms with Crippen LogP contribution in [0.15, 0.2) is 42.5 Å². The zero-order valence-corrected chi connectivity index (χ0v) is 10.9. The Balaban J connectivity index is 2.54. The van der Waals surface area contributed by atoms with Crippen LogP contribution < -0.4 is 0 Å². The van der Waals surface area contributed by atoms with Gasteiger partial charge in [-0.05, 0) is 24.1 Å². The Morgan fingerprint density at radius 2 is 1.79 bits per heavy atom. The minimum atomic E-state index is -1.11. The van der Waals surface area contributed by atoms with Crippen LogP contribution >= 0.6 is 0 Å². The molecule has 0 saturated carbocycles. The summed E-state index contributed by atoms with van der Waals surface area (Å²) in [4.78, 5) is 11.1. The lowest BCUT2D eigenvalue weighted by molar-refractivity contribution is 0.0693. The summed E-state index contributed by atoms with van der Waals surface area (Å²) in [6, 6.07) is 13.0. The van der Waals surface area contributed by atoms with Crippen molar-refractivity contribution in [3.05, 3.63) is 64.7 Å². The van der Waals surface area contributed by atoms with Crippen LogP contribution in [0.5, 0.6) is 5.75 Å². The SMILES string of the molecule is Cc1cc(C(=O)O)c(O)c(C(C)c2ccccc2)c1. The van der Waals surface area contributed by atoms with E-state index in [0.29, 0.717) is 5.56 Å². The third-order valence-corrected chi connectivity index (χ3v) is 3.28. The fourth-order valence-corrected chi connectivity index (χ4v) is 2.22. The number of hydrogen-bond donors (Lipinski definition) is 2. The second-order valence-corrected chi connectivity index (χ2v) is 4.69. The van der Waals surface area contributed by atoms with Gasteiger partial charge in [-0.25, -0.2) is 4.79 Å². The molecule has 2 aromatic rings. The van der Waals surface area contributed by atoms with Gasteiger partial charge in [-0.2, -0.15) is 0 Å². The Morgan fingerprint density at radius 3 is 2.37 bits per heavy atom. The molecule has 2 N–H and O–H groups in total. The normalized spacial score (nSPS) is 12.1. The van der Waals surface area contributed by atoms with Crippen molar-refractivity contribution in [1.82, 2.24) is 0 Å². The molecule has 19 heavy (non-hydrogen) atoms. The van der Waals surface area contributed by atoms with Crippen LogP contribution in [-0.2, 0) is 0 Å². The number of hydrogen-bond acceptors (Lipinski definition) is 2. The van der Waals surface area contributed by atoms with E-state index >= 15 is 0 Å². The van der Waals surface area contributed by atoms with Gasteiger partial charge in [0.15, 0.2) is 0 Å². The van der Waals surface area contributed by atoms with E-state index < -0.39 is 5.97 Å². The highest BCUT2D eigenvalue weighted by molar-refractivity contribution is 5.91. The molecular formula is C16H16O3. The third kappa shape index (κ3) is 2.60. The van der Waals surface area contributed by atoms with Crippen molar-refractivity contribution >= 4 is 5.97 Å². The quantitative estimate of drug-likeness (QED) is 0.882. The van der Waals surface area contributed by atoms with E-state index in [2.05, 4.69) is 0 Å². The van der Waals surface area contributed by atoms with Crippen molar-refractivity contribution in [1.29, 1.82) is 0 Å². The number of rotatable bonds is 3. The molecule has 3 nitrogen and oxygen atoms in total. The van der Waals surface area contributed by atoms with Gasteiger partial charge in [0.2, 0.25) is 0 Å². The first-order valence-electron chi connectivity index (χ1n) is 6.12. The van der Waals surface area contributed by atoms with E-state index in [1.54, 1.807) is 0 Å². The zero-order chi connectivity index (χ0) is 14.0. The molecule has 2 aromatic carbocycles. The second kappa shape index (κ2) is 5.14. The summed E-state index contributed by atoms with van der Waals surface area (Å²) in [7, 11) is 0. The number of carbonyl (C=O) groups is 1. The number of benzene rings is 2. The highest BCUT2D eigenvalue weighted by atomic mass is 16.4. The lowest BCUT2D eigenvalue weighted by Gasteiger charge is -2.16. The molecule has 0 bridgehead atoms. The molecule has 0 spiro atoms. The standard InChI is InChI=1S/C16H16O3/c1-10-8-13(15(17)14(9-10)16(18)19)11(2)12-6-4-3-5-7-12/h3-9,11,17H,1-2H3,(H,18,19). The third-order valence-electron chi connectivity index (χ3n) is 3.28.